The summed E-state index contributed by atoms with van der Waals surface area (Å²) in [4.78, 5) is 8.84. The van der Waals surface area contributed by atoms with Gasteiger partial charge < -0.3 is 10.5 Å². The first-order valence-corrected chi connectivity index (χ1v) is 6.79. The molecule has 2 atom stereocenters. The third-order valence-corrected chi connectivity index (χ3v) is 3.58. The van der Waals surface area contributed by atoms with Crippen LogP contribution >= 0.6 is 12.2 Å². The molecule has 1 fully saturated rings. The number of nitrogens with zero attached hydrogens (tertiary/aromatic N) is 2. The zero-order valence-corrected chi connectivity index (χ0v) is 11.7. The van der Waals surface area contributed by atoms with Gasteiger partial charge in [-0.05, 0) is 38.2 Å². The Kier molecular flexibility index (Phi) is 4.11. The third kappa shape index (κ3) is 3.16. The summed E-state index contributed by atoms with van der Waals surface area (Å²) < 4.78 is 5.90. The van der Waals surface area contributed by atoms with Crippen LogP contribution < -0.4 is 10.5 Å². The Morgan fingerprint density at radius 2 is 2.11 bits per heavy atom. The van der Waals surface area contributed by atoms with Crippen LogP contribution in [0.4, 0.5) is 0 Å². The zero-order valence-electron chi connectivity index (χ0n) is 10.8. The lowest BCUT2D eigenvalue weighted by molar-refractivity contribution is 0.0920. The van der Waals surface area contributed by atoms with Gasteiger partial charge in [0.1, 0.15) is 16.8 Å². The van der Waals surface area contributed by atoms with Crippen molar-refractivity contribution in [2.45, 2.75) is 45.6 Å². The molecule has 0 saturated heterocycles. The average molecular weight is 265 g/mol. The average Bonchev–Trinajstić information content (AvgIpc) is 2.31. The number of aryl methyl sites for hydroxylation is 1. The highest BCUT2D eigenvalue weighted by atomic mass is 32.1. The fourth-order valence-corrected chi connectivity index (χ4v) is 2.42. The maximum atomic E-state index is 5.90. The summed E-state index contributed by atoms with van der Waals surface area (Å²) in [6.07, 6.45) is 4.98. The van der Waals surface area contributed by atoms with E-state index in [0.29, 0.717) is 17.6 Å². The minimum atomic E-state index is 0.208. The molecule has 1 aromatic heterocycles. The van der Waals surface area contributed by atoms with Crippen LogP contribution in [0.5, 0.6) is 6.01 Å². The normalized spacial score (nSPS) is 23.7. The van der Waals surface area contributed by atoms with Gasteiger partial charge in [0.2, 0.25) is 0 Å². The van der Waals surface area contributed by atoms with Crippen molar-refractivity contribution in [3.05, 3.63) is 17.5 Å². The molecule has 0 radical (unpaired) electrons. The van der Waals surface area contributed by atoms with Crippen molar-refractivity contribution in [1.29, 1.82) is 0 Å². The van der Waals surface area contributed by atoms with E-state index in [-0.39, 0.29) is 11.1 Å². The van der Waals surface area contributed by atoms with Gasteiger partial charge in [-0.3, -0.25) is 0 Å². The maximum Gasteiger partial charge on any atom is 0.317 e. The number of aromatic nitrogens is 2. The van der Waals surface area contributed by atoms with E-state index < -0.39 is 0 Å². The molecule has 1 saturated carbocycles. The fraction of sp³-hybridized carbons (Fsp3) is 0.615. The molecule has 1 aromatic rings. The Morgan fingerprint density at radius 1 is 1.39 bits per heavy atom. The zero-order chi connectivity index (χ0) is 13.1. The fourth-order valence-electron chi connectivity index (χ4n) is 2.31. The minimum Gasteiger partial charge on any atom is -0.460 e. The smallest absolute Gasteiger partial charge is 0.317 e. The second-order valence-electron chi connectivity index (χ2n) is 4.96. The molecule has 5 heteroatoms. The number of thiocarbonyl (C=S) groups is 1. The molecule has 0 aromatic carbocycles. The SMILES string of the molecule is Cc1cc(C(N)=S)nc(OC2CCCCC2C)n1. The number of ether oxygens (including phenoxy) is 1. The number of hydrogen-bond acceptors (Lipinski definition) is 4. The first-order valence-electron chi connectivity index (χ1n) is 6.38. The largest absolute Gasteiger partial charge is 0.460 e. The van der Waals surface area contributed by atoms with Crippen molar-refractivity contribution >= 4 is 17.2 Å². The summed E-state index contributed by atoms with van der Waals surface area (Å²) in [6, 6.07) is 2.18. The van der Waals surface area contributed by atoms with E-state index >= 15 is 0 Å². The topological polar surface area (TPSA) is 61.0 Å². The highest BCUT2D eigenvalue weighted by molar-refractivity contribution is 7.80. The van der Waals surface area contributed by atoms with E-state index in [9.17, 15) is 0 Å². The van der Waals surface area contributed by atoms with Gasteiger partial charge in [-0.25, -0.2) is 4.98 Å². The minimum absolute atomic E-state index is 0.208. The summed E-state index contributed by atoms with van der Waals surface area (Å²) in [7, 11) is 0. The lowest BCUT2D eigenvalue weighted by Gasteiger charge is -2.28. The van der Waals surface area contributed by atoms with Crippen molar-refractivity contribution in [2.75, 3.05) is 0 Å². The molecule has 18 heavy (non-hydrogen) atoms. The Balaban J connectivity index is 2.15. The molecular formula is C13H19N3OS. The summed E-state index contributed by atoms with van der Waals surface area (Å²) in [5.74, 6) is 0.552. The molecule has 4 nitrogen and oxygen atoms in total. The van der Waals surface area contributed by atoms with Gasteiger partial charge in [0.15, 0.2) is 0 Å². The summed E-state index contributed by atoms with van der Waals surface area (Å²) in [5, 5.41) is 0. The number of rotatable bonds is 3. The van der Waals surface area contributed by atoms with E-state index in [2.05, 4.69) is 16.9 Å². The molecule has 2 rings (SSSR count). The first-order chi connectivity index (χ1) is 8.56. The predicted octanol–water partition coefficient (Wildman–Crippen LogP) is 2.38. The second kappa shape index (κ2) is 5.61. The highest BCUT2D eigenvalue weighted by Gasteiger charge is 2.24. The highest BCUT2D eigenvalue weighted by Crippen LogP contribution is 2.26. The van der Waals surface area contributed by atoms with Gasteiger partial charge in [0.25, 0.3) is 0 Å². The van der Waals surface area contributed by atoms with Crippen molar-refractivity contribution in [1.82, 2.24) is 9.97 Å². The van der Waals surface area contributed by atoms with Crippen molar-refractivity contribution in [3.63, 3.8) is 0 Å². The Bertz CT molecular complexity index is 450. The molecule has 0 amide bonds. The summed E-state index contributed by atoms with van der Waals surface area (Å²) in [5.41, 5.74) is 7.00. The Labute approximate surface area is 113 Å². The van der Waals surface area contributed by atoms with Crippen molar-refractivity contribution < 1.29 is 4.74 Å². The predicted molar refractivity (Wildman–Crippen MR) is 74.7 cm³/mol. The van der Waals surface area contributed by atoms with Crippen LogP contribution in [-0.4, -0.2) is 21.1 Å². The molecule has 1 heterocycles. The van der Waals surface area contributed by atoms with E-state index in [1.807, 2.05) is 6.92 Å². The molecule has 0 aliphatic heterocycles. The van der Waals surface area contributed by atoms with Gasteiger partial charge in [0, 0.05) is 5.69 Å². The quantitative estimate of drug-likeness (QED) is 0.850. The molecule has 1 aliphatic rings. The molecule has 98 valence electrons. The van der Waals surface area contributed by atoms with Crippen molar-refractivity contribution in [2.24, 2.45) is 11.7 Å². The van der Waals surface area contributed by atoms with Gasteiger partial charge >= 0.3 is 6.01 Å². The molecule has 2 unspecified atom stereocenters. The van der Waals surface area contributed by atoms with E-state index in [0.717, 1.165) is 12.1 Å². The molecule has 0 spiro atoms. The molecule has 0 bridgehead atoms. The van der Waals surface area contributed by atoms with Gasteiger partial charge in [0.05, 0.1) is 0 Å². The summed E-state index contributed by atoms with van der Waals surface area (Å²) in [6.45, 7) is 4.11. The lowest BCUT2D eigenvalue weighted by Crippen LogP contribution is -2.29. The van der Waals surface area contributed by atoms with E-state index in [4.69, 9.17) is 22.7 Å². The lowest BCUT2D eigenvalue weighted by atomic mass is 9.88. The molecule has 2 N–H and O–H groups in total. The number of nitrogens with two attached hydrogens (primary N) is 1. The Morgan fingerprint density at radius 3 is 2.78 bits per heavy atom. The van der Waals surface area contributed by atoms with Gasteiger partial charge in [-0.15, -0.1) is 0 Å². The second-order valence-corrected chi connectivity index (χ2v) is 5.40. The molecule has 1 aliphatic carbocycles. The van der Waals surface area contributed by atoms with Gasteiger partial charge in [-0.2, -0.15) is 4.98 Å². The van der Waals surface area contributed by atoms with Crippen LogP contribution in [0, 0.1) is 12.8 Å². The van der Waals surface area contributed by atoms with Crippen LogP contribution in [0.3, 0.4) is 0 Å². The van der Waals surface area contributed by atoms with Crippen LogP contribution in [0.15, 0.2) is 6.07 Å². The Hall–Kier alpha value is -1.23. The summed E-state index contributed by atoms with van der Waals surface area (Å²) >= 11 is 4.94. The number of hydrogen-bond donors (Lipinski definition) is 1. The van der Waals surface area contributed by atoms with E-state index in [1.54, 1.807) is 6.07 Å². The monoisotopic (exact) mass is 265 g/mol. The van der Waals surface area contributed by atoms with Crippen LogP contribution in [0.25, 0.3) is 0 Å². The standard InChI is InChI=1S/C13H19N3OS/c1-8-5-3-4-6-11(8)17-13-15-9(2)7-10(16-13)12(14)18/h7-8,11H,3-6H2,1-2H3,(H2,14,18). The van der Waals surface area contributed by atoms with Crippen LogP contribution in [-0.2, 0) is 0 Å². The van der Waals surface area contributed by atoms with Gasteiger partial charge in [-0.1, -0.05) is 25.6 Å². The van der Waals surface area contributed by atoms with Crippen molar-refractivity contribution in [3.8, 4) is 6.01 Å². The van der Waals surface area contributed by atoms with E-state index in [1.165, 1.54) is 19.3 Å². The first kappa shape index (κ1) is 13.2. The molecular weight excluding hydrogens is 246 g/mol. The van der Waals surface area contributed by atoms with Crippen LogP contribution in [0.1, 0.15) is 44.0 Å². The maximum absolute atomic E-state index is 5.90. The van der Waals surface area contributed by atoms with Crippen LogP contribution in [0.2, 0.25) is 0 Å². The third-order valence-electron chi connectivity index (χ3n) is 3.38.